The summed E-state index contributed by atoms with van der Waals surface area (Å²) < 4.78 is 0. The zero-order valence-electron chi connectivity index (χ0n) is 10.7. The van der Waals surface area contributed by atoms with Crippen molar-refractivity contribution in [2.75, 3.05) is 33.2 Å². The molecule has 1 saturated carbocycles. The molecule has 0 amide bonds. The van der Waals surface area contributed by atoms with Gasteiger partial charge in [0.2, 0.25) is 0 Å². The Morgan fingerprint density at radius 1 is 1.29 bits per heavy atom. The molecular formula is C13H23N3S. The van der Waals surface area contributed by atoms with E-state index in [-0.39, 0.29) is 0 Å². The van der Waals surface area contributed by atoms with Gasteiger partial charge in [0.25, 0.3) is 0 Å². The second kappa shape index (κ2) is 5.19. The maximum atomic E-state index is 4.64. The van der Waals surface area contributed by atoms with Gasteiger partial charge in [-0.25, -0.2) is 0 Å². The number of thioether (sulfide) groups is 1. The van der Waals surface area contributed by atoms with E-state index in [0.29, 0.717) is 0 Å². The molecule has 0 bridgehead atoms. The van der Waals surface area contributed by atoms with Crippen LogP contribution in [0.2, 0.25) is 0 Å². The topological polar surface area (TPSA) is 27.6 Å². The van der Waals surface area contributed by atoms with Crippen LogP contribution >= 0.6 is 11.8 Å². The Labute approximate surface area is 108 Å². The number of amidine groups is 1. The van der Waals surface area contributed by atoms with E-state index in [0.717, 1.165) is 30.2 Å². The number of rotatable bonds is 3. The third-order valence-electron chi connectivity index (χ3n) is 4.21. The number of nitrogens with zero attached hydrogens (tertiary/aromatic N) is 2. The first-order valence-electron chi connectivity index (χ1n) is 6.95. The molecule has 2 heterocycles. The average Bonchev–Trinajstić information content (AvgIpc) is 3.09. The predicted octanol–water partition coefficient (Wildman–Crippen LogP) is 1.80. The van der Waals surface area contributed by atoms with E-state index < -0.39 is 0 Å². The van der Waals surface area contributed by atoms with Crippen molar-refractivity contribution in [2.24, 2.45) is 16.8 Å². The molecule has 4 heteroatoms. The van der Waals surface area contributed by atoms with E-state index in [1.165, 1.54) is 43.9 Å². The molecule has 3 aliphatic rings. The Bertz CT molecular complexity index is 293. The Morgan fingerprint density at radius 2 is 2.06 bits per heavy atom. The molecule has 1 aliphatic carbocycles. The average molecular weight is 253 g/mol. The molecule has 1 saturated heterocycles. The van der Waals surface area contributed by atoms with Crippen molar-refractivity contribution >= 4 is 16.9 Å². The lowest BCUT2D eigenvalue weighted by Gasteiger charge is -2.29. The first kappa shape index (κ1) is 11.8. The van der Waals surface area contributed by atoms with Gasteiger partial charge in [0.05, 0.1) is 6.54 Å². The third-order valence-corrected chi connectivity index (χ3v) is 5.54. The highest BCUT2D eigenvalue weighted by atomic mass is 32.2. The molecule has 0 radical (unpaired) electrons. The normalized spacial score (nSPS) is 31.6. The maximum absolute atomic E-state index is 4.64. The van der Waals surface area contributed by atoms with Crippen molar-refractivity contribution in [3.8, 4) is 0 Å². The molecule has 1 unspecified atom stereocenters. The summed E-state index contributed by atoms with van der Waals surface area (Å²) in [5.74, 6) is 1.83. The standard InChI is InChI=1S/C13H23N3S/c1-16-6-4-10(5-7-16)8-14-13-15-9-12(17-13)11-2-3-11/h10-12H,2-9H2,1H3,(H,14,15). The van der Waals surface area contributed by atoms with Crippen LogP contribution in [0.1, 0.15) is 25.7 Å². The van der Waals surface area contributed by atoms with E-state index >= 15 is 0 Å². The van der Waals surface area contributed by atoms with Crippen molar-refractivity contribution in [3.63, 3.8) is 0 Å². The van der Waals surface area contributed by atoms with Crippen molar-refractivity contribution in [2.45, 2.75) is 30.9 Å². The predicted molar refractivity (Wildman–Crippen MR) is 74.6 cm³/mol. The third kappa shape index (κ3) is 3.16. The Hall–Kier alpha value is -0.220. The number of hydrogen-bond donors (Lipinski definition) is 1. The van der Waals surface area contributed by atoms with E-state index in [1.54, 1.807) is 0 Å². The first-order chi connectivity index (χ1) is 8.31. The smallest absolute Gasteiger partial charge is 0.156 e. The lowest BCUT2D eigenvalue weighted by atomic mass is 9.97. The first-order valence-corrected chi connectivity index (χ1v) is 7.83. The minimum atomic E-state index is 0.801. The van der Waals surface area contributed by atoms with Crippen LogP contribution in [0, 0.1) is 11.8 Å². The molecule has 3 rings (SSSR count). The molecule has 2 fully saturated rings. The van der Waals surface area contributed by atoms with Crippen LogP contribution in [0.4, 0.5) is 0 Å². The van der Waals surface area contributed by atoms with Gasteiger partial charge >= 0.3 is 0 Å². The van der Waals surface area contributed by atoms with Gasteiger partial charge in [0, 0.05) is 11.8 Å². The minimum Gasteiger partial charge on any atom is -0.365 e. The molecule has 1 atom stereocenters. The lowest BCUT2D eigenvalue weighted by Crippen LogP contribution is -2.36. The second-order valence-corrected chi connectivity index (χ2v) is 7.00. The molecular weight excluding hydrogens is 230 g/mol. The van der Waals surface area contributed by atoms with Gasteiger partial charge in [-0.3, -0.25) is 4.99 Å². The summed E-state index contributed by atoms with van der Waals surface area (Å²) in [5, 5.41) is 5.60. The molecule has 96 valence electrons. The molecule has 2 aliphatic heterocycles. The monoisotopic (exact) mass is 253 g/mol. The number of nitrogens with one attached hydrogen (secondary N) is 1. The Balaban J connectivity index is 1.37. The van der Waals surface area contributed by atoms with Gasteiger partial charge in [0.15, 0.2) is 5.17 Å². The summed E-state index contributed by atoms with van der Waals surface area (Å²) in [4.78, 5) is 7.07. The zero-order valence-corrected chi connectivity index (χ0v) is 11.5. The van der Waals surface area contributed by atoms with Gasteiger partial charge in [-0.1, -0.05) is 11.8 Å². The molecule has 0 spiro atoms. The van der Waals surface area contributed by atoms with Crippen LogP contribution in [0.3, 0.4) is 0 Å². The summed E-state index contributed by atoms with van der Waals surface area (Å²) in [6, 6.07) is 0. The van der Waals surface area contributed by atoms with Crippen molar-refractivity contribution in [1.29, 1.82) is 0 Å². The number of aliphatic imine (C=N–C) groups is 1. The second-order valence-electron chi connectivity index (χ2n) is 5.77. The molecule has 0 aromatic rings. The van der Waals surface area contributed by atoms with Crippen molar-refractivity contribution < 1.29 is 0 Å². The fraction of sp³-hybridized carbons (Fsp3) is 0.923. The van der Waals surface area contributed by atoms with E-state index in [2.05, 4.69) is 22.3 Å². The highest BCUT2D eigenvalue weighted by Crippen LogP contribution is 2.41. The number of likely N-dealkylation sites (tertiary alicyclic amines) is 1. The molecule has 17 heavy (non-hydrogen) atoms. The summed E-state index contributed by atoms with van der Waals surface area (Å²) in [5.41, 5.74) is 0. The van der Waals surface area contributed by atoms with E-state index in [9.17, 15) is 0 Å². The zero-order chi connectivity index (χ0) is 11.7. The minimum absolute atomic E-state index is 0.801. The van der Waals surface area contributed by atoms with Crippen LogP contribution in [0.25, 0.3) is 0 Å². The fourth-order valence-corrected chi connectivity index (χ4v) is 3.92. The van der Waals surface area contributed by atoms with Crippen LogP contribution in [-0.4, -0.2) is 48.5 Å². The molecule has 3 nitrogen and oxygen atoms in total. The number of hydrogen-bond acceptors (Lipinski definition) is 4. The largest absolute Gasteiger partial charge is 0.365 e. The van der Waals surface area contributed by atoms with Crippen LogP contribution in [-0.2, 0) is 0 Å². The summed E-state index contributed by atoms with van der Waals surface area (Å²) >= 11 is 2.00. The van der Waals surface area contributed by atoms with Gasteiger partial charge in [-0.15, -0.1) is 0 Å². The lowest BCUT2D eigenvalue weighted by molar-refractivity contribution is 0.220. The highest BCUT2D eigenvalue weighted by Gasteiger charge is 2.35. The highest BCUT2D eigenvalue weighted by molar-refractivity contribution is 8.14. The molecule has 1 N–H and O–H groups in total. The fourth-order valence-electron chi connectivity index (χ4n) is 2.70. The van der Waals surface area contributed by atoms with Gasteiger partial charge in [0.1, 0.15) is 0 Å². The quantitative estimate of drug-likeness (QED) is 0.831. The van der Waals surface area contributed by atoms with Gasteiger partial charge in [-0.2, -0.15) is 0 Å². The molecule has 0 aromatic heterocycles. The summed E-state index contributed by atoms with van der Waals surface area (Å²) in [6.07, 6.45) is 5.56. The Kier molecular flexibility index (Phi) is 3.61. The van der Waals surface area contributed by atoms with Crippen LogP contribution < -0.4 is 5.32 Å². The molecule has 0 aromatic carbocycles. The van der Waals surface area contributed by atoms with Crippen molar-refractivity contribution in [1.82, 2.24) is 10.2 Å². The Morgan fingerprint density at radius 3 is 2.76 bits per heavy atom. The van der Waals surface area contributed by atoms with Crippen LogP contribution in [0.15, 0.2) is 4.99 Å². The summed E-state index contributed by atoms with van der Waals surface area (Å²) in [6.45, 7) is 4.72. The van der Waals surface area contributed by atoms with E-state index in [4.69, 9.17) is 0 Å². The maximum Gasteiger partial charge on any atom is 0.156 e. The SMILES string of the molecule is CN1CCC(CNC2=NCC(C3CC3)S2)CC1. The van der Waals surface area contributed by atoms with Gasteiger partial charge in [-0.05, 0) is 57.7 Å². The van der Waals surface area contributed by atoms with Gasteiger partial charge < -0.3 is 10.2 Å². The van der Waals surface area contributed by atoms with Crippen LogP contribution in [0.5, 0.6) is 0 Å². The van der Waals surface area contributed by atoms with E-state index in [1.807, 2.05) is 11.8 Å². The van der Waals surface area contributed by atoms with Crippen molar-refractivity contribution in [3.05, 3.63) is 0 Å². The summed E-state index contributed by atoms with van der Waals surface area (Å²) in [7, 11) is 2.22. The number of piperidine rings is 1.